The Morgan fingerprint density at radius 2 is 1.74 bits per heavy atom. The molecule has 0 saturated heterocycles. The zero-order valence-electron chi connectivity index (χ0n) is 13.8. The molecule has 2 aromatic rings. The molecular weight excluding hydrogens is 367 g/mol. The summed E-state index contributed by atoms with van der Waals surface area (Å²) in [6.07, 6.45) is -3.43. The van der Waals surface area contributed by atoms with Crippen LogP contribution in [0.2, 0.25) is 0 Å². The van der Waals surface area contributed by atoms with Crippen molar-refractivity contribution in [1.29, 1.82) is 0 Å². The number of carbonyl (C=O) groups is 3. The molecule has 0 saturated carbocycles. The van der Waals surface area contributed by atoms with Gasteiger partial charge in [-0.1, -0.05) is 36.4 Å². The summed E-state index contributed by atoms with van der Waals surface area (Å²) < 4.78 is 45.5. The summed E-state index contributed by atoms with van der Waals surface area (Å²) in [5.41, 5.74) is 0.928. The van der Waals surface area contributed by atoms with E-state index >= 15 is 0 Å². The van der Waals surface area contributed by atoms with Gasteiger partial charge in [0.1, 0.15) is 6.61 Å². The third kappa shape index (κ3) is 6.21. The molecule has 0 fully saturated rings. The first-order valence-corrected chi connectivity index (χ1v) is 7.69. The van der Waals surface area contributed by atoms with E-state index in [0.717, 1.165) is 0 Å². The van der Waals surface area contributed by atoms with Crippen LogP contribution >= 0.6 is 0 Å². The van der Waals surface area contributed by atoms with Gasteiger partial charge in [0.25, 0.3) is 0 Å². The van der Waals surface area contributed by atoms with Crippen molar-refractivity contribution in [1.82, 2.24) is 4.98 Å². The number of esters is 3. The molecule has 1 aromatic carbocycles. The number of carbonyl (C=O) groups excluding carboxylic acids is 3. The van der Waals surface area contributed by atoms with Crippen molar-refractivity contribution < 1.29 is 37.0 Å². The van der Waals surface area contributed by atoms with Crippen molar-refractivity contribution in [2.24, 2.45) is 0 Å². The second-order valence-electron chi connectivity index (χ2n) is 5.40. The van der Waals surface area contributed by atoms with Crippen LogP contribution < -0.4 is 0 Å². The zero-order valence-corrected chi connectivity index (χ0v) is 13.8. The molecule has 1 unspecified atom stereocenters. The van der Waals surface area contributed by atoms with Gasteiger partial charge in [-0.05, 0) is 17.2 Å². The topological polar surface area (TPSA) is 82.6 Å². The fraction of sp³-hybridized carbons (Fsp3) is 0.222. The highest BCUT2D eigenvalue weighted by Gasteiger charge is 2.43. The molecule has 0 radical (unpaired) electrons. The Hall–Kier alpha value is -3.23. The van der Waals surface area contributed by atoms with Crippen molar-refractivity contribution >= 4 is 17.9 Å². The molecule has 0 N–H and O–H groups in total. The van der Waals surface area contributed by atoms with Gasteiger partial charge in [0.2, 0.25) is 0 Å². The van der Waals surface area contributed by atoms with Gasteiger partial charge in [-0.15, -0.1) is 0 Å². The van der Waals surface area contributed by atoms with Crippen molar-refractivity contribution in [3.05, 3.63) is 66.0 Å². The van der Waals surface area contributed by atoms with Crippen LogP contribution in [-0.4, -0.2) is 29.1 Å². The largest absolute Gasteiger partial charge is 0.491 e. The highest BCUT2D eigenvalue weighted by Crippen LogP contribution is 2.23. The Balaban J connectivity index is 2.08. The number of benzene rings is 1. The Morgan fingerprint density at radius 1 is 1.04 bits per heavy atom. The number of aromatic nitrogens is 1. The maximum absolute atomic E-state index is 12.4. The van der Waals surface area contributed by atoms with Crippen molar-refractivity contribution in [3.8, 4) is 0 Å². The second kappa shape index (κ2) is 8.93. The lowest BCUT2D eigenvalue weighted by atomic mass is 9.97. The number of alkyl halides is 3. The smallest absolute Gasteiger partial charge is 0.460 e. The second-order valence-corrected chi connectivity index (χ2v) is 5.40. The van der Waals surface area contributed by atoms with Gasteiger partial charge in [0, 0.05) is 12.4 Å². The van der Waals surface area contributed by atoms with Gasteiger partial charge in [0.05, 0.1) is 12.3 Å². The molecule has 1 atom stereocenters. The van der Waals surface area contributed by atoms with E-state index in [1.54, 1.807) is 30.3 Å². The quantitative estimate of drug-likeness (QED) is 0.565. The van der Waals surface area contributed by atoms with E-state index in [-0.39, 0.29) is 12.2 Å². The summed E-state index contributed by atoms with van der Waals surface area (Å²) >= 11 is 0. The molecule has 0 aliphatic heterocycles. The standard InChI is InChI=1S/C18H14F3NO5/c19-18(20,21)17(25)27-15(23)9-14(13-7-4-8-22-10-13)16(24)26-11-12-5-2-1-3-6-12/h1-8,10,14H,9,11H2. The Kier molecular flexibility index (Phi) is 6.64. The van der Waals surface area contributed by atoms with Crippen LogP contribution in [0.25, 0.3) is 0 Å². The van der Waals surface area contributed by atoms with Gasteiger partial charge in [-0.2, -0.15) is 13.2 Å². The van der Waals surface area contributed by atoms with E-state index in [2.05, 4.69) is 9.72 Å². The third-order valence-electron chi connectivity index (χ3n) is 3.40. The molecule has 6 nitrogen and oxygen atoms in total. The molecule has 2 rings (SSSR count). The summed E-state index contributed by atoms with van der Waals surface area (Å²) in [5.74, 6) is -6.27. The van der Waals surface area contributed by atoms with E-state index in [4.69, 9.17) is 4.74 Å². The normalized spacial score (nSPS) is 12.1. The van der Waals surface area contributed by atoms with E-state index < -0.39 is 36.4 Å². The minimum Gasteiger partial charge on any atom is -0.460 e. The van der Waals surface area contributed by atoms with Gasteiger partial charge in [-0.3, -0.25) is 14.6 Å². The van der Waals surface area contributed by atoms with Crippen LogP contribution in [0.4, 0.5) is 13.2 Å². The van der Waals surface area contributed by atoms with Crippen LogP contribution in [0.5, 0.6) is 0 Å². The Bertz CT molecular complexity index is 794. The zero-order chi connectivity index (χ0) is 19.9. The highest BCUT2D eigenvalue weighted by atomic mass is 19.4. The molecule has 1 heterocycles. The predicted octanol–water partition coefficient (Wildman–Crippen LogP) is 2.93. The first-order valence-electron chi connectivity index (χ1n) is 7.69. The van der Waals surface area contributed by atoms with Gasteiger partial charge in [0.15, 0.2) is 0 Å². The first-order chi connectivity index (χ1) is 12.8. The highest BCUT2D eigenvalue weighted by molar-refractivity contribution is 5.91. The monoisotopic (exact) mass is 381 g/mol. The fourth-order valence-corrected chi connectivity index (χ4v) is 2.12. The minimum absolute atomic E-state index is 0.0903. The fourth-order valence-electron chi connectivity index (χ4n) is 2.12. The lowest BCUT2D eigenvalue weighted by Crippen LogP contribution is -2.29. The lowest BCUT2D eigenvalue weighted by molar-refractivity contribution is -0.202. The van der Waals surface area contributed by atoms with Crippen LogP contribution in [0, 0.1) is 0 Å². The summed E-state index contributed by atoms with van der Waals surface area (Å²) in [4.78, 5) is 38.6. The number of rotatable bonds is 6. The van der Waals surface area contributed by atoms with Crippen molar-refractivity contribution in [3.63, 3.8) is 0 Å². The maximum atomic E-state index is 12.4. The van der Waals surface area contributed by atoms with Gasteiger partial charge < -0.3 is 9.47 Å². The molecule has 0 amide bonds. The molecule has 0 bridgehead atoms. The van der Waals surface area contributed by atoms with Crippen molar-refractivity contribution in [2.75, 3.05) is 0 Å². The van der Waals surface area contributed by atoms with Crippen LogP contribution in [0.15, 0.2) is 54.9 Å². The number of hydrogen-bond acceptors (Lipinski definition) is 6. The number of halogens is 3. The van der Waals surface area contributed by atoms with Crippen LogP contribution in [-0.2, 0) is 30.5 Å². The molecule has 142 valence electrons. The van der Waals surface area contributed by atoms with Crippen molar-refractivity contribution in [2.45, 2.75) is 25.1 Å². The summed E-state index contributed by atoms with van der Waals surface area (Å²) in [5, 5.41) is 0. The molecule has 27 heavy (non-hydrogen) atoms. The number of hydrogen-bond donors (Lipinski definition) is 0. The van der Waals surface area contributed by atoms with E-state index in [1.165, 1.54) is 24.5 Å². The first kappa shape index (κ1) is 20.1. The van der Waals surface area contributed by atoms with E-state index in [1.807, 2.05) is 0 Å². The molecule has 0 spiro atoms. The average molecular weight is 381 g/mol. The summed E-state index contributed by atoms with van der Waals surface area (Å²) in [6.45, 7) is -0.0903. The van der Waals surface area contributed by atoms with Crippen LogP contribution in [0.3, 0.4) is 0 Å². The molecular formula is C18H14F3NO5. The number of ether oxygens (including phenoxy) is 2. The Morgan fingerprint density at radius 3 is 2.33 bits per heavy atom. The van der Waals surface area contributed by atoms with E-state index in [0.29, 0.717) is 5.56 Å². The summed E-state index contributed by atoms with van der Waals surface area (Å²) in [6, 6.07) is 11.6. The van der Waals surface area contributed by atoms with E-state index in [9.17, 15) is 27.6 Å². The maximum Gasteiger partial charge on any atom is 0.491 e. The van der Waals surface area contributed by atoms with Gasteiger partial charge >= 0.3 is 24.1 Å². The molecule has 1 aromatic heterocycles. The SMILES string of the molecule is O=C(CC(C(=O)OCc1ccccc1)c1cccnc1)OC(=O)C(F)(F)F. The number of pyridine rings is 1. The molecule has 0 aliphatic rings. The molecule has 0 aliphatic carbocycles. The van der Waals surface area contributed by atoms with Gasteiger partial charge in [-0.25, -0.2) is 4.79 Å². The average Bonchev–Trinajstić information content (AvgIpc) is 2.65. The predicted molar refractivity (Wildman–Crippen MR) is 85.0 cm³/mol. The summed E-state index contributed by atoms with van der Waals surface area (Å²) in [7, 11) is 0. The molecule has 9 heteroatoms. The van der Waals surface area contributed by atoms with Crippen LogP contribution in [0.1, 0.15) is 23.5 Å². The third-order valence-corrected chi connectivity index (χ3v) is 3.40. The minimum atomic E-state index is -5.31. The number of nitrogens with zero attached hydrogens (tertiary/aromatic N) is 1. The lowest BCUT2D eigenvalue weighted by Gasteiger charge is -2.15. The Labute approximate surface area is 151 Å².